The zero-order chi connectivity index (χ0) is 17.5. The van der Waals surface area contributed by atoms with Crippen molar-refractivity contribution < 1.29 is 14.7 Å². The summed E-state index contributed by atoms with van der Waals surface area (Å²) in [6.07, 6.45) is 1.69. The van der Waals surface area contributed by atoms with Crippen molar-refractivity contribution in [1.82, 2.24) is 0 Å². The third-order valence-electron chi connectivity index (χ3n) is 3.83. The van der Waals surface area contributed by atoms with E-state index >= 15 is 0 Å². The summed E-state index contributed by atoms with van der Waals surface area (Å²) in [4.78, 5) is 5.77. The number of phenols is 1. The highest BCUT2D eigenvalue weighted by molar-refractivity contribution is 6.31. The van der Waals surface area contributed by atoms with E-state index in [1.54, 1.807) is 12.3 Å². The highest BCUT2D eigenvalue weighted by atomic mass is 35.5. The van der Waals surface area contributed by atoms with E-state index in [4.69, 9.17) is 16.3 Å². The first kappa shape index (κ1) is 18.3. The van der Waals surface area contributed by atoms with E-state index in [9.17, 15) is 5.11 Å². The van der Waals surface area contributed by atoms with Crippen molar-refractivity contribution in [3.05, 3.63) is 58.6 Å². The van der Waals surface area contributed by atoms with Crippen LogP contribution in [0.15, 0.2) is 47.5 Å². The lowest BCUT2D eigenvalue weighted by Crippen LogP contribution is -3.06. The van der Waals surface area contributed by atoms with Gasteiger partial charge in [-0.1, -0.05) is 35.9 Å². The molecule has 5 heteroatoms. The van der Waals surface area contributed by atoms with Crippen LogP contribution in [0.1, 0.15) is 24.1 Å². The zero-order valence-electron chi connectivity index (χ0n) is 14.3. The molecule has 0 radical (unpaired) electrons. The minimum atomic E-state index is 0.120. The average Bonchev–Trinajstić information content (AvgIpc) is 2.55. The Morgan fingerprint density at radius 2 is 1.96 bits per heavy atom. The van der Waals surface area contributed by atoms with Crippen molar-refractivity contribution in [2.45, 2.75) is 13.0 Å². The van der Waals surface area contributed by atoms with Crippen LogP contribution >= 0.6 is 11.6 Å². The molecule has 0 aliphatic rings. The zero-order valence-corrected chi connectivity index (χ0v) is 15.0. The maximum atomic E-state index is 10.2. The Morgan fingerprint density at radius 3 is 2.62 bits per heavy atom. The van der Waals surface area contributed by atoms with Gasteiger partial charge in [-0.25, -0.2) is 0 Å². The number of rotatable bonds is 7. The molecule has 2 N–H and O–H groups in total. The maximum absolute atomic E-state index is 10.2. The number of aliphatic imine (C=N–C) groups is 1. The minimum Gasteiger partial charge on any atom is -0.504 e. The molecule has 1 atom stereocenters. The van der Waals surface area contributed by atoms with Gasteiger partial charge in [0.25, 0.3) is 0 Å². The molecule has 0 aromatic heterocycles. The first-order chi connectivity index (χ1) is 11.5. The van der Waals surface area contributed by atoms with E-state index in [1.807, 2.05) is 43.3 Å². The summed E-state index contributed by atoms with van der Waals surface area (Å²) >= 11 is 6.32. The molecule has 0 fully saturated rings. The number of quaternary nitrogens is 1. The van der Waals surface area contributed by atoms with E-state index in [2.05, 4.69) is 19.1 Å². The smallest absolute Gasteiger partial charge is 0.166 e. The molecule has 0 heterocycles. The van der Waals surface area contributed by atoms with Crippen LogP contribution in [0.5, 0.6) is 11.5 Å². The number of phenolic OH excluding ortho intramolecular Hbond substituents is 1. The van der Waals surface area contributed by atoms with Crippen molar-refractivity contribution in [2.75, 3.05) is 27.2 Å². The fraction of sp³-hybridized carbons (Fsp3) is 0.316. The number of halogens is 1. The van der Waals surface area contributed by atoms with Gasteiger partial charge < -0.3 is 14.7 Å². The molecular weight excluding hydrogens is 324 g/mol. The third kappa shape index (κ3) is 4.49. The molecule has 0 bridgehead atoms. The quantitative estimate of drug-likeness (QED) is 0.756. The van der Waals surface area contributed by atoms with Crippen LogP contribution in [-0.4, -0.2) is 38.6 Å². The Labute approximate surface area is 148 Å². The van der Waals surface area contributed by atoms with Crippen LogP contribution in [0.25, 0.3) is 0 Å². The number of aromatic hydroxyl groups is 1. The van der Waals surface area contributed by atoms with Crippen molar-refractivity contribution in [3.8, 4) is 11.5 Å². The minimum absolute atomic E-state index is 0.120. The molecule has 0 amide bonds. The van der Waals surface area contributed by atoms with Crippen LogP contribution in [0, 0.1) is 0 Å². The molecule has 4 nitrogen and oxygen atoms in total. The second kappa shape index (κ2) is 8.71. The molecule has 2 aromatic carbocycles. The van der Waals surface area contributed by atoms with Crippen LogP contribution in [-0.2, 0) is 0 Å². The second-order valence-corrected chi connectivity index (χ2v) is 6.18. The summed E-state index contributed by atoms with van der Waals surface area (Å²) < 4.78 is 5.39. The van der Waals surface area contributed by atoms with Gasteiger partial charge in [0.2, 0.25) is 0 Å². The largest absolute Gasteiger partial charge is 0.504 e. The molecule has 0 saturated heterocycles. The summed E-state index contributed by atoms with van der Waals surface area (Å²) in [5.74, 6) is 0.594. The van der Waals surface area contributed by atoms with Crippen LogP contribution in [0.3, 0.4) is 0 Å². The predicted octanol–water partition coefficient (Wildman–Crippen LogP) is 2.75. The Kier molecular flexibility index (Phi) is 6.64. The van der Waals surface area contributed by atoms with Gasteiger partial charge in [0.1, 0.15) is 6.04 Å². The number of benzene rings is 2. The fourth-order valence-corrected chi connectivity index (χ4v) is 2.79. The van der Waals surface area contributed by atoms with E-state index in [0.717, 1.165) is 10.6 Å². The van der Waals surface area contributed by atoms with E-state index in [0.29, 0.717) is 24.5 Å². The van der Waals surface area contributed by atoms with E-state index in [-0.39, 0.29) is 11.8 Å². The van der Waals surface area contributed by atoms with E-state index in [1.165, 1.54) is 4.90 Å². The van der Waals surface area contributed by atoms with Gasteiger partial charge in [0.15, 0.2) is 11.5 Å². The number of para-hydroxylation sites is 1. The molecule has 128 valence electrons. The van der Waals surface area contributed by atoms with Crippen molar-refractivity contribution in [2.24, 2.45) is 4.99 Å². The number of likely N-dealkylation sites (N-methyl/N-ethyl adjacent to an activating group) is 1. The van der Waals surface area contributed by atoms with Crippen molar-refractivity contribution >= 4 is 17.8 Å². The molecule has 0 unspecified atom stereocenters. The lowest BCUT2D eigenvalue weighted by atomic mass is 10.1. The lowest BCUT2D eigenvalue weighted by Gasteiger charge is -2.21. The van der Waals surface area contributed by atoms with Crippen LogP contribution < -0.4 is 9.64 Å². The highest BCUT2D eigenvalue weighted by Crippen LogP contribution is 2.28. The van der Waals surface area contributed by atoms with E-state index < -0.39 is 0 Å². The van der Waals surface area contributed by atoms with Gasteiger partial charge in [-0.05, 0) is 25.1 Å². The van der Waals surface area contributed by atoms with Crippen LogP contribution in [0.2, 0.25) is 5.02 Å². The number of nitrogens with zero attached hydrogens (tertiary/aromatic N) is 1. The topological polar surface area (TPSA) is 46.3 Å². The first-order valence-electron chi connectivity index (χ1n) is 8.03. The standard InChI is InChI=1S/C19H23ClN2O2/c1-4-24-18-11-7-8-14(19(18)23)12-21-13-17(22(2)3)15-9-5-6-10-16(15)20/h5-12,17,23H,4,13H2,1-3H3/p+1/t17-/m1/s1. The lowest BCUT2D eigenvalue weighted by molar-refractivity contribution is -0.890. The van der Waals surface area contributed by atoms with Gasteiger partial charge in [-0.2, -0.15) is 0 Å². The fourth-order valence-electron chi connectivity index (χ4n) is 2.52. The Hall–Kier alpha value is -2.04. The molecule has 0 aliphatic carbocycles. The molecule has 0 spiro atoms. The highest BCUT2D eigenvalue weighted by Gasteiger charge is 2.19. The normalized spacial score (nSPS) is 12.7. The Balaban J connectivity index is 2.17. The van der Waals surface area contributed by atoms with Gasteiger partial charge in [0.05, 0.1) is 27.2 Å². The molecule has 2 rings (SSSR count). The SMILES string of the molecule is CCOc1cccc(C=NC[C@H](c2ccccc2Cl)[NH+](C)C)c1O. The summed E-state index contributed by atoms with van der Waals surface area (Å²) in [6.45, 7) is 2.96. The summed E-state index contributed by atoms with van der Waals surface area (Å²) in [6, 6.07) is 13.4. The summed E-state index contributed by atoms with van der Waals surface area (Å²) in [5, 5.41) is 11.0. The summed E-state index contributed by atoms with van der Waals surface area (Å²) in [7, 11) is 4.16. The Bertz CT molecular complexity index is 702. The monoisotopic (exact) mass is 347 g/mol. The Morgan fingerprint density at radius 1 is 1.21 bits per heavy atom. The second-order valence-electron chi connectivity index (χ2n) is 5.77. The number of hydrogen-bond donors (Lipinski definition) is 2. The first-order valence-corrected chi connectivity index (χ1v) is 8.41. The molecule has 0 saturated carbocycles. The molecule has 2 aromatic rings. The third-order valence-corrected chi connectivity index (χ3v) is 4.17. The van der Waals surface area contributed by atoms with Crippen molar-refractivity contribution in [3.63, 3.8) is 0 Å². The summed E-state index contributed by atoms with van der Waals surface area (Å²) in [5.41, 5.74) is 1.72. The van der Waals surface area contributed by atoms with Gasteiger partial charge in [-0.15, -0.1) is 0 Å². The molecular formula is C19H24ClN2O2+. The molecule has 24 heavy (non-hydrogen) atoms. The number of hydrogen-bond acceptors (Lipinski definition) is 3. The maximum Gasteiger partial charge on any atom is 0.166 e. The van der Waals surface area contributed by atoms with Crippen molar-refractivity contribution in [1.29, 1.82) is 0 Å². The van der Waals surface area contributed by atoms with Gasteiger partial charge >= 0.3 is 0 Å². The van der Waals surface area contributed by atoms with Crippen LogP contribution in [0.4, 0.5) is 0 Å². The number of nitrogens with one attached hydrogen (secondary N) is 1. The average molecular weight is 348 g/mol. The predicted molar refractivity (Wildman–Crippen MR) is 98.7 cm³/mol. The number of ether oxygens (including phenoxy) is 1. The van der Waals surface area contributed by atoms with Gasteiger partial charge in [0, 0.05) is 22.4 Å². The van der Waals surface area contributed by atoms with Gasteiger partial charge in [-0.3, -0.25) is 4.99 Å². The molecule has 0 aliphatic heterocycles.